The standard InChI is InChI=1S/C15H22FN3O/c1-19(2)15(8-4-3-5-9-15)11-18-14(20)12-7-6-10-17-13(12)16/h6-7,10H,3-5,8-9,11H2,1-2H3,(H,18,20). The minimum absolute atomic E-state index is 0.00735. The van der Waals surface area contributed by atoms with Crippen molar-refractivity contribution in [3.63, 3.8) is 0 Å². The third kappa shape index (κ3) is 3.15. The lowest BCUT2D eigenvalue weighted by atomic mass is 9.80. The predicted molar refractivity (Wildman–Crippen MR) is 76.0 cm³/mol. The van der Waals surface area contributed by atoms with Crippen LogP contribution in [0.3, 0.4) is 0 Å². The fraction of sp³-hybridized carbons (Fsp3) is 0.600. The van der Waals surface area contributed by atoms with Gasteiger partial charge in [0.25, 0.3) is 5.91 Å². The van der Waals surface area contributed by atoms with E-state index >= 15 is 0 Å². The van der Waals surface area contributed by atoms with Gasteiger partial charge in [0.1, 0.15) is 0 Å². The summed E-state index contributed by atoms with van der Waals surface area (Å²) in [7, 11) is 4.09. The molecule has 0 atom stereocenters. The molecule has 0 unspecified atom stereocenters. The molecule has 0 aliphatic heterocycles. The first-order valence-electron chi connectivity index (χ1n) is 7.11. The van der Waals surface area contributed by atoms with Crippen molar-refractivity contribution in [3.05, 3.63) is 29.8 Å². The average molecular weight is 279 g/mol. The van der Waals surface area contributed by atoms with Crippen LogP contribution in [0.5, 0.6) is 0 Å². The summed E-state index contributed by atoms with van der Waals surface area (Å²) in [5.74, 6) is -1.10. The number of nitrogens with one attached hydrogen (secondary N) is 1. The lowest BCUT2D eigenvalue weighted by Crippen LogP contribution is -2.53. The van der Waals surface area contributed by atoms with Crippen LogP contribution in [0.1, 0.15) is 42.5 Å². The van der Waals surface area contributed by atoms with Crippen LogP contribution >= 0.6 is 0 Å². The zero-order valence-corrected chi connectivity index (χ0v) is 12.2. The lowest BCUT2D eigenvalue weighted by Gasteiger charge is -2.43. The van der Waals surface area contributed by atoms with Crippen molar-refractivity contribution in [2.24, 2.45) is 0 Å². The second-order valence-electron chi connectivity index (χ2n) is 5.70. The van der Waals surface area contributed by atoms with Gasteiger partial charge >= 0.3 is 0 Å². The maximum Gasteiger partial charge on any atom is 0.255 e. The second kappa shape index (κ2) is 6.31. The Morgan fingerprint density at radius 3 is 2.70 bits per heavy atom. The quantitative estimate of drug-likeness (QED) is 0.860. The molecule has 1 aromatic rings. The Labute approximate surface area is 119 Å². The second-order valence-corrected chi connectivity index (χ2v) is 5.70. The molecule has 0 bridgehead atoms. The van der Waals surface area contributed by atoms with Crippen LogP contribution in [-0.2, 0) is 0 Å². The first-order valence-corrected chi connectivity index (χ1v) is 7.11. The molecular weight excluding hydrogens is 257 g/mol. The van der Waals surface area contributed by atoms with Gasteiger partial charge in [0, 0.05) is 18.3 Å². The minimum atomic E-state index is -0.715. The average Bonchev–Trinajstić information content (AvgIpc) is 2.46. The van der Waals surface area contributed by atoms with Crippen LogP contribution in [0.15, 0.2) is 18.3 Å². The van der Waals surface area contributed by atoms with E-state index in [9.17, 15) is 9.18 Å². The highest BCUT2D eigenvalue weighted by atomic mass is 19.1. The number of amides is 1. The van der Waals surface area contributed by atoms with Crippen LogP contribution < -0.4 is 5.32 Å². The molecule has 20 heavy (non-hydrogen) atoms. The summed E-state index contributed by atoms with van der Waals surface area (Å²) in [5.41, 5.74) is 0.00396. The van der Waals surface area contributed by atoms with Crippen LogP contribution in [0, 0.1) is 5.95 Å². The number of hydrogen-bond donors (Lipinski definition) is 1. The first-order chi connectivity index (χ1) is 9.55. The van der Waals surface area contributed by atoms with Gasteiger partial charge in [-0.15, -0.1) is 0 Å². The number of pyridine rings is 1. The molecule has 1 N–H and O–H groups in total. The topological polar surface area (TPSA) is 45.2 Å². The molecular formula is C15H22FN3O. The monoisotopic (exact) mass is 279 g/mol. The highest BCUT2D eigenvalue weighted by Crippen LogP contribution is 2.31. The summed E-state index contributed by atoms with van der Waals surface area (Å²) in [5, 5.41) is 2.87. The number of nitrogens with zero attached hydrogens (tertiary/aromatic N) is 2. The molecule has 0 spiro atoms. The van der Waals surface area contributed by atoms with Crippen molar-refractivity contribution < 1.29 is 9.18 Å². The molecule has 1 aromatic heterocycles. The maximum atomic E-state index is 13.5. The largest absolute Gasteiger partial charge is 0.350 e. The van der Waals surface area contributed by atoms with Gasteiger partial charge in [-0.25, -0.2) is 4.98 Å². The van der Waals surface area contributed by atoms with E-state index in [0.717, 1.165) is 12.8 Å². The zero-order valence-electron chi connectivity index (χ0n) is 12.2. The third-order valence-electron chi connectivity index (χ3n) is 4.31. The van der Waals surface area contributed by atoms with Crippen molar-refractivity contribution >= 4 is 5.91 Å². The SMILES string of the molecule is CN(C)C1(CNC(=O)c2cccnc2F)CCCCC1. The van der Waals surface area contributed by atoms with Gasteiger partial charge in [-0.1, -0.05) is 19.3 Å². The normalized spacial score (nSPS) is 18.0. The van der Waals surface area contributed by atoms with E-state index in [4.69, 9.17) is 0 Å². The van der Waals surface area contributed by atoms with E-state index in [1.807, 2.05) is 14.1 Å². The smallest absolute Gasteiger partial charge is 0.255 e. The molecule has 1 aliphatic rings. The van der Waals surface area contributed by atoms with Crippen molar-refractivity contribution in [2.45, 2.75) is 37.6 Å². The van der Waals surface area contributed by atoms with Gasteiger partial charge in [0.2, 0.25) is 5.95 Å². The van der Waals surface area contributed by atoms with Crippen molar-refractivity contribution in [1.29, 1.82) is 0 Å². The fourth-order valence-corrected chi connectivity index (χ4v) is 2.89. The number of carbonyl (C=O) groups excluding carboxylic acids is 1. The summed E-state index contributed by atoms with van der Waals surface area (Å²) >= 11 is 0. The van der Waals surface area contributed by atoms with E-state index in [1.54, 1.807) is 6.07 Å². The third-order valence-corrected chi connectivity index (χ3v) is 4.31. The summed E-state index contributed by atoms with van der Waals surface area (Å²) in [4.78, 5) is 17.8. The van der Waals surface area contributed by atoms with Crippen LogP contribution in [0.4, 0.5) is 4.39 Å². The summed E-state index contributed by atoms with van der Waals surface area (Å²) in [6, 6.07) is 3.03. The Bertz CT molecular complexity index is 470. The first kappa shape index (κ1) is 14.9. The molecule has 5 heteroatoms. The number of rotatable bonds is 4. The van der Waals surface area contributed by atoms with Gasteiger partial charge in [0.05, 0.1) is 5.56 Å². The molecule has 0 radical (unpaired) electrons. The van der Waals surface area contributed by atoms with E-state index in [-0.39, 0.29) is 17.0 Å². The molecule has 1 amide bonds. The number of likely N-dealkylation sites (N-methyl/N-ethyl adjacent to an activating group) is 1. The molecule has 4 nitrogen and oxygen atoms in total. The maximum absolute atomic E-state index is 13.5. The predicted octanol–water partition coefficient (Wildman–Crippen LogP) is 2.21. The number of carbonyl (C=O) groups is 1. The van der Waals surface area contributed by atoms with Gasteiger partial charge in [-0.2, -0.15) is 4.39 Å². The number of hydrogen-bond acceptors (Lipinski definition) is 3. The Morgan fingerprint density at radius 2 is 2.10 bits per heavy atom. The lowest BCUT2D eigenvalue weighted by molar-refractivity contribution is 0.0796. The van der Waals surface area contributed by atoms with Crippen molar-refractivity contribution in [2.75, 3.05) is 20.6 Å². The highest BCUT2D eigenvalue weighted by Gasteiger charge is 2.34. The van der Waals surface area contributed by atoms with Gasteiger partial charge in [0.15, 0.2) is 0 Å². The molecule has 110 valence electrons. The van der Waals surface area contributed by atoms with Crippen LogP contribution in [0.25, 0.3) is 0 Å². The molecule has 1 fully saturated rings. The van der Waals surface area contributed by atoms with E-state index < -0.39 is 5.95 Å². The van der Waals surface area contributed by atoms with Crippen LogP contribution in [0.2, 0.25) is 0 Å². The summed E-state index contributed by atoms with van der Waals surface area (Å²) < 4.78 is 13.5. The fourth-order valence-electron chi connectivity index (χ4n) is 2.89. The zero-order chi connectivity index (χ0) is 14.6. The molecule has 0 saturated heterocycles. The van der Waals surface area contributed by atoms with Gasteiger partial charge in [-0.3, -0.25) is 4.79 Å². The molecule has 0 aromatic carbocycles. The number of aromatic nitrogens is 1. The Morgan fingerprint density at radius 1 is 1.40 bits per heavy atom. The number of halogens is 1. The molecule has 2 rings (SSSR count). The van der Waals surface area contributed by atoms with Gasteiger partial charge < -0.3 is 10.2 Å². The minimum Gasteiger partial charge on any atom is -0.350 e. The summed E-state index contributed by atoms with van der Waals surface area (Å²) in [6.45, 7) is 0.549. The Hall–Kier alpha value is -1.49. The highest BCUT2D eigenvalue weighted by molar-refractivity contribution is 5.94. The van der Waals surface area contributed by atoms with E-state index in [0.29, 0.717) is 6.54 Å². The molecule has 1 heterocycles. The van der Waals surface area contributed by atoms with Crippen LogP contribution in [-0.4, -0.2) is 42.0 Å². The van der Waals surface area contributed by atoms with Gasteiger partial charge in [-0.05, 0) is 39.1 Å². The Balaban J connectivity index is 2.03. The Kier molecular flexibility index (Phi) is 4.70. The molecule has 1 aliphatic carbocycles. The summed E-state index contributed by atoms with van der Waals surface area (Å²) in [6.07, 6.45) is 7.07. The van der Waals surface area contributed by atoms with Crippen molar-refractivity contribution in [3.8, 4) is 0 Å². The van der Waals surface area contributed by atoms with Crippen molar-refractivity contribution in [1.82, 2.24) is 15.2 Å². The molecule has 1 saturated carbocycles. The van der Waals surface area contributed by atoms with E-state index in [2.05, 4.69) is 15.2 Å². The van der Waals surface area contributed by atoms with E-state index in [1.165, 1.54) is 31.5 Å².